The van der Waals surface area contributed by atoms with E-state index in [-0.39, 0.29) is 10.3 Å². The largest absolute Gasteiger partial charge is 0.332 e. The summed E-state index contributed by atoms with van der Waals surface area (Å²) in [7, 11) is -4.15. The number of rotatable bonds is 3. The molecule has 0 aliphatic rings. The average Bonchev–Trinajstić information content (AvgIpc) is 2.77. The maximum Gasteiger partial charge on any atom is 0.294 e. The molecule has 7 heteroatoms. The molecule has 2 aromatic rings. The van der Waals surface area contributed by atoms with Crippen LogP contribution in [0, 0.1) is 0 Å². The fraction of sp³-hybridized carbons (Fsp3) is 0.308. The summed E-state index contributed by atoms with van der Waals surface area (Å²) >= 11 is 1.49. The second kappa shape index (κ2) is 5.16. The van der Waals surface area contributed by atoms with Gasteiger partial charge in [-0.05, 0) is 24.3 Å². The standard InChI is InChI=1S/C13H16N2O3S2/c1-13(2,3)11-8-19-12(15-11)14-9-4-6-10(7-5-9)20(16,17)18/h4-8H,1-3H3,(H,14,15)(H,16,17,18). The van der Waals surface area contributed by atoms with Gasteiger partial charge < -0.3 is 5.32 Å². The van der Waals surface area contributed by atoms with Crippen molar-refractivity contribution in [2.24, 2.45) is 0 Å². The van der Waals surface area contributed by atoms with Crippen LogP contribution in [0.15, 0.2) is 34.5 Å². The van der Waals surface area contributed by atoms with Gasteiger partial charge in [-0.2, -0.15) is 8.42 Å². The molecular weight excluding hydrogens is 296 g/mol. The third-order valence-corrected chi connectivity index (χ3v) is 4.30. The molecule has 0 saturated carbocycles. The van der Waals surface area contributed by atoms with Crippen LogP contribution in [0.1, 0.15) is 26.5 Å². The Balaban J connectivity index is 2.17. The van der Waals surface area contributed by atoms with Crippen LogP contribution in [0.3, 0.4) is 0 Å². The van der Waals surface area contributed by atoms with Crippen molar-refractivity contribution in [1.82, 2.24) is 4.98 Å². The molecule has 20 heavy (non-hydrogen) atoms. The number of anilines is 2. The van der Waals surface area contributed by atoms with Gasteiger partial charge in [-0.3, -0.25) is 4.55 Å². The molecule has 0 aliphatic carbocycles. The van der Waals surface area contributed by atoms with E-state index in [4.69, 9.17) is 4.55 Å². The van der Waals surface area contributed by atoms with Gasteiger partial charge in [0.15, 0.2) is 5.13 Å². The van der Waals surface area contributed by atoms with Crippen LogP contribution in [0.25, 0.3) is 0 Å². The molecule has 0 bridgehead atoms. The van der Waals surface area contributed by atoms with Gasteiger partial charge in [0.25, 0.3) is 10.1 Å². The summed E-state index contributed by atoms with van der Waals surface area (Å²) in [6, 6.07) is 5.86. The number of aromatic nitrogens is 1. The monoisotopic (exact) mass is 312 g/mol. The zero-order valence-corrected chi connectivity index (χ0v) is 13.0. The number of nitrogens with one attached hydrogen (secondary N) is 1. The van der Waals surface area contributed by atoms with E-state index in [1.165, 1.54) is 23.5 Å². The summed E-state index contributed by atoms with van der Waals surface area (Å²) in [5, 5.41) is 5.85. The van der Waals surface area contributed by atoms with Crippen LogP contribution < -0.4 is 5.32 Å². The highest BCUT2D eigenvalue weighted by atomic mass is 32.2. The summed E-state index contributed by atoms with van der Waals surface area (Å²) in [6.07, 6.45) is 0. The summed E-state index contributed by atoms with van der Waals surface area (Å²) in [5.74, 6) is 0. The lowest BCUT2D eigenvalue weighted by atomic mass is 9.93. The number of hydrogen-bond acceptors (Lipinski definition) is 5. The molecule has 2 N–H and O–H groups in total. The van der Waals surface area contributed by atoms with Gasteiger partial charge in [0.1, 0.15) is 0 Å². The van der Waals surface area contributed by atoms with Crippen molar-refractivity contribution in [1.29, 1.82) is 0 Å². The fourth-order valence-corrected chi connectivity index (χ4v) is 2.95. The summed E-state index contributed by atoms with van der Waals surface area (Å²) in [4.78, 5) is 4.36. The Morgan fingerprint density at radius 3 is 2.25 bits per heavy atom. The maximum atomic E-state index is 10.9. The van der Waals surface area contributed by atoms with Crippen molar-refractivity contribution in [2.45, 2.75) is 31.1 Å². The quantitative estimate of drug-likeness (QED) is 0.849. The molecule has 0 atom stereocenters. The molecule has 1 aromatic heterocycles. The van der Waals surface area contributed by atoms with Crippen LogP contribution in [-0.2, 0) is 15.5 Å². The topological polar surface area (TPSA) is 79.3 Å². The van der Waals surface area contributed by atoms with Gasteiger partial charge in [-0.15, -0.1) is 11.3 Å². The van der Waals surface area contributed by atoms with Crippen LogP contribution in [0.5, 0.6) is 0 Å². The lowest BCUT2D eigenvalue weighted by Crippen LogP contribution is -2.11. The number of hydrogen-bond donors (Lipinski definition) is 2. The van der Waals surface area contributed by atoms with Gasteiger partial charge >= 0.3 is 0 Å². The first kappa shape index (κ1) is 15.0. The van der Waals surface area contributed by atoms with E-state index in [1.54, 1.807) is 12.1 Å². The summed E-state index contributed by atoms with van der Waals surface area (Å²) in [6.45, 7) is 6.27. The van der Waals surface area contributed by atoms with E-state index < -0.39 is 10.1 Å². The zero-order chi connectivity index (χ0) is 15.0. The molecule has 0 amide bonds. The first-order chi connectivity index (χ1) is 9.16. The van der Waals surface area contributed by atoms with Crippen LogP contribution in [0.4, 0.5) is 10.8 Å². The molecule has 5 nitrogen and oxygen atoms in total. The number of benzene rings is 1. The van der Waals surface area contributed by atoms with Crippen molar-refractivity contribution in [3.05, 3.63) is 35.3 Å². The highest BCUT2D eigenvalue weighted by Gasteiger charge is 2.17. The Morgan fingerprint density at radius 2 is 1.80 bits per heavy atom. The predicted molar refractivity (Wildman–Crippen MR) is 80.4 cm³/mol. The van der Waals surface area contributed by atoms with Gasteiger partial charge in [0, 0.05) is 16.5 Å². The molecule has 0 fully saturated rings. The van der Waals surface area contributed by atoms with E-state index in [0.29, 0.717) is 5.69 Å². The summed E-state index contributed by atoms with van der Waals surface area (Å²) in [5.41, 5.74) is 1.71. The third kappa shape index (κ3) is 3.56. The first-order valence-corrected chi connectivity index (χ1v) is 8.29. The van der Waals surface area contributed by atoms with Crippen molar-refractivity contribution in [3.8, 4) is 0 Å². The Hall–Kier alpha value is -1.44. The molecular formula is C13H16N2O3S2. The second-order valence-corrected chi connectivity index (χ2v) is 7.69. The Kier molecular flexibility index (Phi) is 3.86. The molecule has 108 valence electrons. The van der Waals surface area contributed by atoms with Gasteiger partial charge in [0.2, 0.25) is 0 Å². The Labute approximate surface area is 122 Å². The third-order valence-electron chi connectivity index (χ3n) is 2.68. The Bertz CT molecular complexity index is 698. The molecule has 1 aromatic carbocycles. The van der Waals surface area contributed by atoms with E-state index in [2.05, 4.69) is 31.1 Å². The minimum atomic E-state index is -4.15. The zero-order valence-electron chi connectivity index (χ0n) is 11.4. The SMILES string of the molecule is CC(C)(C)c1csc(Nc2ccc(S(=O)(=O)O)cc2)n1. The van der Waals surface area contributed by atoms with Gasteiger partial charge in [0.05, 0.1) is 10.6 Å². The average molecular weight is 312 g/mol. The summed E-state index contributed by atoms with van der Waals surface area (Å²) < 4.78 is 30.8. The fourth-order valence-electron chi connectivity index (χ4n) is 1.51. The molecule has 0 aliphatic heterocycles. The molecule has 1 heterocycles. The van der Waals surface area contributed by atoms with Crippen molar-refractivity contribution in [2.75, 3.05) is 5.32 Å². The van der Waals surface area contributed by atoms with E-state index in [9.17, 15) is 8.42 Å². The minimum Gasteiger partial charge on any atom is -0.332 e. The number of nitrogens with zero attached hydrogens (tertiary/aromatic N) is 1. The van der Waals surface area contributed by atoms with E-state index in [1.807, 2.05) is 5.38 Å². The molecule has 0 spiro atoms. The number of thiazole rings is 1. The molecule has 0 saturated heterocycles. The van der Waals surface area contributed by atoms with Gasteiger partial charge in [-0.25, -0.2) is 4.98 Å². The van der Waals surface area contributed by atoms with Crippen LogP contribution in [0.2, 0.25) is 0 Å². The van der Waals surface area contributed by atoms with Gasteiger partial charge in [-0.1, -0.05) is 20.8 Å². The first-order valence-electron chi connectivity index (χ1n) is 5.97. The van der Waals surface area contributed by atoms with E-state index >= 15 is 0 Å². The van der Waals surface area contributed by atoms with Crippen molar-refractivity contribution >= 4 is 32.3 Å². The Morgan fingerprint density at radius 1 is 1.20 bits per heavy atom. The minimum absolute atomic E-state index is 0.00868. The smallest absolute Gasteiger partial charge is 0.294 e. The normalized spacial score (nSPS) is 12.4. The molecule has 2 rings (SSSR count). The second-order valence-electron chi connectivity index (χ2n) is 5.41. The highest BCUT2D eigenvalue weighted by molar-refractivity contribution is 7.85. The highest BCUT2D eigenvalue weighted by Crippen LogP contribution is 2.28. The maximum absolute atomic E-state index is 10.9. The lowest BCUT2D eigenvalue weighted by Gasteiger charge is -2.14. The van der Waals surface area contributed by atoms with Crippen molar-refractivity contribution in [3.63, 3.8) is 0 Å². The van der Waals surface area contributed by atoms with Crippen molar-refractivity contribution < 1.29 is 13.0 Å². The predicted octanol–water partition coefficient (Wildman–Crippen LogP) is 3.43. The molecule has 0 radical (unpaired) electrons. The lowest BCUT2D eigenvalue weighted by molar-refractivity contribution is 0.483. The van der Waals surface area contributed by atoms with Crippen LogP contribution >= 0.6 is 11.3 Å². The van der Waals surface area contributed by atoms with E-state index in [0.717, 1.165) is 10.8 Å². The van der Waals surface area contributed by atoms with Crippen LogP contribution in [-0.4, -0.2) is 18.0 Å². The molecule has 0 unspecified atom stereocenters.